The van der Waals surface area contributed by atoms with Gasteiger partial charge < -0.3 is 19.2 Å². The molecule has 0 aromatic carbocycles. The van der Waals surface area contributed by atoms with E-state index in [0.717, 1.165) is 0 Å². The molecule has 4 radical (unpaired) electrons. The molecule has 8 heteroatoms. The van der Waals surface area contributed by atoms with E-state index in [0.29, 0.717) is 13.7 Å². The number of hydrogen-bond donors (Lipinski definition) is 4. The van der Waals surface area contributed by atoms with Crippen LogP contribution in [0.2, 0.25) is 33.9 Å². The van der Waals surface area contributed by atoms with Crippen LogP contribution in [0.25, 0.3) is 0 Å². The molecule has 0 amide bonds. The zero-order valence-corrected chi connectivity index (χ0v) is 39.5. The second kappa shape index (κ2) is 15.9. The van der Waals surface area contributed by atoms with Gasteiger partial charge in [0.2, 0.25) is 0 Å². The van der Waals surface area contributed by atoms with Gasteiger partial charge in [-0.25, -0.2) is 0 Å². The molecule has 0 heterocycles. The van der Waals surface area contributed by atoms with Crippen molar-refractivity contribution in [1.82, 2.24) is 0 Å². The van der Waals surface area contributed by atoms with E-state index in [9.17, 15) is 19.2 Å². The molecule has 0 fully saturated rings. The van der Waals surface area contributed by atoms with E-state index in [2.05, 4.69) is 83.1 Å². The second-order valence-corrected chi connectivity index (χ2v) is 46.8. The Morgan fingerprint density at radius 1 is 0.275 bits per heavy atom. The summed E-state index contributed by atoms with van der Waals surface area (Å²) in [5.74, 6) is 0. The van der Waals surface area contributed by atoms with Crippen LogP contribution < -0.4 is 0 Å². The maximum atomic E-state index is 9.88. The molecule has 0 spiro atoms. The monoisotopic (exact) mass is 820 g/mol. The molecule has 0 aliphatic heterocycles. The number of hydrogen-bond acceptors (Lipinski definition) is 4. The predicted octanol–water partition coefficient (Wildman–Crippen LogP) is 10.3. The third-order valence-corrected chi connectivity index (χ3v) is 22.6. The Hall–Kier alpha value is 1.87. The van der Waals surface area contributed by atoms with Crippen LogP contribution in [0.3, 0.4) is 0 Å². The molecule has 0 unspecified atom stereocenters. The van der Waals surface area contributed by atoms with Crippen LogP contribution in [-0.2, 0) is 0 Å². The van der Waals surface area contributed by atoms with E-state index >= 15 is 0 Å². The van der Waals surface area contributed by atoms with Crippen LogP contribution in [-0.4, -0.2) is 78.6 Å². The van der Waals surface area contributed by atoms with E-state index in [-0.39, 0.29) is 62.4 Å². The molecule has 244 valence electrons. The zero-order chi connectivity index (χ0) is 34.4. The Morgan fingerprint density at radius 2 is 0.375 bits per heavy atom. The van der Waals surface area contributed by atoms with Crippen LogP contribution in [0.1, 0.15) is 166 Å². The van der Waals surface area contributed by atoms with Crippen molar-refractivity contribution in [2.24, 2.45) is 0 Å². The Labute approximate surface area is 276 Å². The molecule has 0 aromatic rings. The van der Waals surface area contributed by atoms with Crippen molar-refractivity contribution >= 4 is 59.4 Å². The molecule has 0 atom stereocenters. The maximum absolute atomic E-state index is 9.88. The summed E-state index contributed by atoms with van der Waals surface area (Å²) in [7, 11) is -6.21. The van der Waals surface area contributed by atoms with Gasteiger partial charge in [0.15, 0.2) is 0 Å². The van der Waals surface area contributed by atoms with Crippen LogP contribution in [0.15, 0.2) is 0 Å². The van der Waals surface area contributed by atoms with Crippen molar-refractivity contribution in [3.05, 3.63) is 0 Å². The van der Waals surface area contributed by atoms with Crippen molar-refractivity contribution < 1.29 is 19.2 Å². The number of rotatable bonds is 0. The fraction of sp³-hybridized carbons (Fsp3) is 1.00. The SMILES string of the molecule is CC(C)(C)[Si](O)(O)C(C)(C)C.CC(C)(C)[Si](O)(O)C(C)(C)C.C[C](C)(C)[Sn][C](C)(C)C.C[C](C)(C)[Sn][C](C)(C)C. The summed E-state index contributed by atoms with van der Waals surface area (Å²) >= 11 is -0.363. The van der Waals surface area contributed by atoms with E-state index in [4.69, 9.17) is 0 Å². The summed E-state index contributed by atoms with van der Waals surface area (Å²) in [6.07, 6.45) is 0. The fourth-order valence-electron chi connectivity index (χ4n) is 4.50. The van der Waals surface area contributed by atoms with Crippen LogP contribution >= 0.6 is 0 Å². The van der Waals surface area contributed by atoms with E-state index in [1.807, 2.05) is 83.1 Å². The van der Waals surface area contributed by atoms with Gasteiger partial charge in [-0.1, -0.05) is 83.1 Å². The van der Waals surface area contributed by atoms with Crippen molar-refractivity contribution in [2.45, 2.75) is 200 Å². The normalized spacial score (nSPS) is 14.7. The molecule has 0 saturated carbocycles. The Bertz CT molecular complexity index is 577. The summed E-state index contributed by atoms with van der Waals surface area (Å²) in [6.45, 7) is 50.9. The Morgan fingerprint density at radius 3 is 0.375 bits per heavy atom. The quantitative estimate of drug-likeness (QED) is 0.184. The minimum absolute atomic E-state index is 0.182. The summed E-state index contributed by atoms with van der Waals surface area (Å²) in [5.41, 5.74) is 0. The third-order valence-electron chi connectivity index (χ3n) is 5.68. The van der Waals surface area contributed by atoms with Gasteiger partial charge in [0.05, 0.1) is 0 Å². The molecule has 4 nitrogen and oxygen atoms in total. The standard InChI is InChI=1S/2C8H20O2Si.4C4H9.2Sn/c2*1-7(2,3)11(9,10)8(4,5)6;4*1-4(2)3;;/h2*9-10H,1-6H3;4*1-3H3;;. The summed E-state index contributed by atoms with van der Waals surface area (Å²) in [4.78, 5) is 39.5. The van der Waals surface area contributed by atoms with E-state index in [1.54, 1.807) is 0 Å². The van der Waals surface area contributed by atoms with Gasteiger partial charge >= 0.3 is 156 Å². The molecular weight excluding hydrogens is 742 g/mol. The average molecular weight is 819 g/mol. The molecule has 0 aliphatic carbocycles. The first kappa shape index (κ1) is 48.8. The van der Waals surface area contributed by atoms with Crippen molar-refractivity contribution in [3.63, 3.8) is 0 Å². The molecule has 0 aliphatic rings. The summed E-state index contributed by atoms with van der Waals surface area (Å²) in [6, 6.07) is 0. The Kier molecular flexibility index (Phi) is 19.4. The molecular formula is C32H76O4Si2Sn2. The van der Waals surface area contributed by atoms with Crippen molar-refractivity contribution in [1.29, 1.82) is 0 Å². The summed E-state index contributed by atoms with van der Waals surface area (Å²) < 4.78 is 2.62. The van der Waals surface area contributed by atoms with Gasteiger partial charge in [-0.2, -0.15) is 0 Å². The first-order chi connectivity index (χ1) is 16.4. The fourth-order valence-corrected chi connectivity index (χ4v) is 21.8. The van der Waals surface area contributed by atoms with Crippen molar-refractivity contribution in [2.75, 3.05) is 0 Å². The summed E-state index contributed by atoms with van der Waals surface area (Å²) in [5, 5.41) is -1.48. The molecule has 0 rings (SSSR count). The van der Waals surface area contributed by atoms with E-state index in [1.165, 1.54) is 0 Å². The molecule has 4 N–H and O–H groups in total. The van der Waals surface area contributed by atoms with Gasteiger partial charge in [0.25, 0.3) is 0 Å². The predicted molar refractivity (Wildman–Crippen MR) is 190 cm³/mol. The minimum atomic E-state index is -3.11. The second-order valence-electron chi connectivity index (χ2n) is 19.6. The molecule has 0 saturated heterocycles. The van der Waals surface area contributed by atoms with Gasteiger partial charge in [0.1, 0.15) is 0 Å². The Balaban J connectivity index is -0.000000217. The zero-order valence-electron chi connectivity index (χ0n) is 31.8. The molecule has 0 bridgehead atoms. The van der Waals surface area contributed by atoms with Crippen LogP contribution in [0.4, 0.5) is 0 Å². The third kappa shape index (κ3) is 24.2. The van der Waals surface area contributed by atoms with E-state index < -0.39 is 17.1 Å². The van der Waals surface area contributed by atoms with Gasteiger partial charge in [0, 0.05) is 20.2 Å². The van der Waals surface area contributed by atoms with Crippen LogP contribution in [0, 0.1) is 0 Å². The van der Waals surface area contributed by atoms with Crippen molar-refractivity contribution in [3.8, 4) is 0 Å². The first-order valence-corrected chi connectivity index (χ1v) is 24.4. The van der Waals surface area contributed by atoms with Crippen LogP contribution in [0.5, 0.6) is 0 Å². The van der Waals surface area contributed by atoms with Gasteiger partial charge in [-0.15, -0.1) is 0 Å². The first-order valence-electron chi connectivity index (χ1n) is 14.9. The molecule has 40 heavy (non-hydrogen) atoms. The topological polar surface area (TPSA) is 80.9 Å². The average Bonchev–Trinajstić information content (AvgIpc) is 2.44. The van der Waals surface area contributed by atoms with Gasteiger partial charge in [-0.05, 0) is 0 Å². The van der Waals surface area contributed by atoms with Gasteiger partial charge in [-0.3, -0.25) is 0 Å². The molecule has 0 aromatic heterocycles.